The van der Waals surface area contributed by atoms with Crippen molar-refractivity contribution in [3.05, 3.63) is 11.6 Å². The Morgan fingerprint density at radius 2 is 2.07 bits per heavy atom. The molecular formula is C10H15ClO4. The number of hydrogen-bond donors (Lipinski definition) is 1. The van der Waals surface area contributed by atoms with Gasteiger partial charge in [-0.25, -0.2) is 0 Å². The molecule has 1 unspecified atom stereocenters. The molecule has 0 aliphatic heterocycles. The number of methoxy groups -OCH3 is 1. The number of allylic oxidation sites excluding steroid dienone is 1. The highest BCUT2D eigenvalue weighted by Crippen LogP contribution is 2.34. The van der Waals surface area contributed by atoms with Gasteiger partial charge in [-0.1, -0.05) is 31.5 Å². The van der Waals surface area contributed by atoms with Crippen LogP contribution in [0.1, 0.15) is 20.3 Å². The Kier molecular flexibility index (Phi) is 5.36. The molecule has 0 bridgehead atoms. The predicted octanol–water partition coefficient (Wildman–Crippen LogP) is 2.03. The first-order valence-electron chi connectivity index (χ1n) is 4.50. The number of rotatable bonds is 5. The second-order valence-corrected chi connectivity index (χ2v) is 3.74. The standard InChI is InChI=1S/C10H15ClO4/c1-7(2)10(8(12)13,5-4-6-11)9(14)15-3/h4,6-7H,5H2,1-3H3,(H,12,13)/b6-4+. The monoisotopic (exact) mass is 234 g/mol. The van der Waals surface area contributed by atoms with Crippen molar-refractivity contribution >= 4 is 23.5 Å². The van der Waals surface area contributed by atoms with E-state index < -0.39 is 17.4 Å². The Morgan fingerprint density at radius 1 is 1.53 bits per heavy atom. The molecule has 0 heterocycles. The fourth-order valence-electron chi connectivity index (χ4n) is 1.39. The molecule has 0 radical (unpaired) electrons. The number of carbonyl (C=O) groups is 2. The van der Waals surface area contributed by atoms with E-state index in [4.69, 9.17) is 16.7 Å². The summed E-state index contributed by atoms with van der Waals surface area (Å²) >= 11 is 5.34. The first-order valence-corrected chi connectivity index (χ1v) is 4.94. The molecule has 0 aromatic heterocycles. The summed E-state index contributed by atoms with van der Waals surface area (Å²) in [5.41, 5.74) is -0.358. The maximum absolute atomic E-state index is 11.5. The molecule has 15 heavy (non-hydrogen) atoms. The fraction of sp³-hybridized carbons (Fsp3) is 0.600. The number of carboxylic acid groups (broad SMARTS) is 1. The summed E-state index contributed by atoms with van der Waals surface area (Å²) < 4.78 is 4.54. The molecule has 1 N–H and O–H groups in total. The van der Waals surface area contributed by atoms with E-state index in [2.05, 4.69) is 4.74 Å². The highest BCUT2D eigenvalue weighted by atomic mass is 35.5. The van der Waals surface area contributed by atoms with Gasteiger partial charge in [-0.05, 0) is 12.3 Å². The van der Waals surface area contributed by atoms with Crippen molar-refractivity contribution < 1.29 is 19.4 Å². The third-order valence-corrected chi connectivity index (χ3v) is 2.62. The minimum atomic E-state index is -1.56. The zero-order valence-electron chi connectivity index (χ0n) is 8.99. The minimum Gasteiger partial charge on any atom is -0.480 e. The maximum Gasteiger partial charge on any atom is 0.323 e. The van der Waals surface area contributed by atoms with E-state index in [1.54, 1.807) is 13.8 Å². The Balaban J connectivity index is 5.26. The maximum atomic E-state index is 11.5. The molecule has 0 aliphatic rings. The molecule has 0 rings (SSSR count). The Morgan fingerprint density at radius 3 is 2.33 bits per heavy atom. The molecule has 0 fully saturated rings. The number of hydrogen-bond acceptors (Lipinski definition) is 3. The number of aliphatic carboxylic acids is 1. The van der Waals surface area contributed by atoms with Crippen molar-refractivity contribution in [2.45, 2.75) is 20.3 Å². The van der Waals surface area contributed by atoms with Crippen molar-refractivity contribution in [1.29, 1.82) is 0 Å². The smallest absolute Gasteiger partial charge is 0.323 e. The molecule has 0 aromatic carbocycles. The average molecular weight is 235 g/mol. The van der Waals surface area contributed by atoms with Crippen LogP contribution in [0.3, 0.4) is 0 Å². The number of halogens is 1. The summed E-state index contributed by atoms with van der Waals surface area (Å²) in [7, 11) is 1.17. The van der Waals surface area contributed by atoms with E-state index >= 15 is 0 Å². The van der Waals surface area contributed by atoms with Crippen LogP contribution >= 0.6 is 11.6 Å². The summed E-state index contributed by atoms with van der Waals surface area (Å²) in [6.45, 7) is 3.32. The van der Waals surface area contributed by atoms with Crippen LogP contribution in [0, 0.1) is 11.3 Å². The van der Waals surface area contributed by atoms with Crippen LogP contribution in [-0.2, 0) is 14.3 Å². The molecule has 86 valence electrons. The lowest BCUT2D eigenvalue weighted by Gasteiger charge is -2.29. The number of ether oxygens (including phenoxy) is 1. The molecule has 1 atom stereocenters. The van der Waals surface area contributed by atoms with Crippen molar-refractivity contribution in [2.24, 2.45) is 11.3 Å². The summed E-state index contributed by atoms with van der Waals surface area (Å²) in [5.74, 6) is -2.32. The molecule has 0 amide bonds. The fourth-order valence-corrected chi connectivity index (χ4v) is 1.48. The number of esters is 1. The lowest BCUT2D eigenvalue weighted by atomic mass is 9.74. The van der Waals surface area contributed by atoms with Crippen LogP contribution in [0.2, 0.25) is 0 Å². The summed E-state index contributed by atoms with van der Waals surface area (Å²) in [6, 6.07) is 0. The summed E-state index contributed by atoms with van der Waals surface area (Å²) in [5, 5.41) is 9.14. The van der Waals surface area contributed by atoms with Gasteiger partial charge in [-0.2, -0.15) is 0 Å². The second-order valence-electron chi connectivity index (χ2n) is 3.49. The van der Waals surface area contributed by atoms with Gasteiger partial charge in [-0.3, -0.25) is 9.59 Å². The SMILES string of the molecule is COC(=O)C(C/C=C/Cl)(C(=O)O)C(C)C. The highest BCUT2D eigenvalue weighted by Gasteiger charge is 2.49. The number of carboxylic acids is 1. The molecular weight excluding hydrogens is 220 g/mol. The Labute approximate surface area is 93.9 Å². The predicted molar refractivity (Wildman–Crippen MR) is 56.5 cm³/mol. The van der Waals surface area contributed by atoms with Gasteiger partial charge in [0.15, 0.2) is 5.41 Å². The second kappa shape index (κ2) is 5.75. The van der Waals surface area contributed by atoms with E-state index in [9.17, 15) is 9.59 Å². The van der Waals surface area contributed by atoms with Crippen LogP contribution in [0.4, 0.5) is 0 Å². The van der Waals surface area contributed by atoms with Gasteiger partial charge >= 0.3 is 11.9 Å². The van der Waals surface area contributed by atoms with Crippen LogP contribution in [-0.4, -0.2) is 24.2 Å². The first kappa shape index (κ1) is 14.0. The van der Waals surface area contributed by atoms with E-state index in [0.717, 1.165) is 0 Å². The average Bonchev–Trinajstić information content (AvgIpc) is 2.17. The van der Waals surface area contributed by atoms with Crippen LogP contribution < -0.4 is 0 Å². The molecule has 0 saturated heterocycles. The zero-order valence-corrected chi connectivity index (χ0v) is 9.75. The minimum absolute atomic E-state index is 0.0240. The van der Waals surface area contributed by atoms with Gasteiger partial charge in [0.25, 0.3) is 0 Å². The molecule has 0 aliphatic carbocycles. The molecule has 0 saturated carbocycles. The van der Waals surface area contributed by atoms with Crippen LogP contribution in [0.5, 0.6) is 0 Å². The number of carbonyl (C=O) groups excluding carboxylic acids is 1. The Hall–Kier alpha value is -1.03. The quantitative estimate of drug-likeness (QED) is 0.584. The van der Waals surface area contributed by atoms with E-state index in [-0.39, 0.29) is 12.3 Å². The highest BCUT2D eigenvalue weighted by molar-refractivity contribution is 6.25. The summed E-state index contributed by atoms with van der Waals surface area (Å²) in [4.78, 5) is 22.7. The first-order chi connectivity index (χ1) is 6.93. The van der Waals surface area contributed by atoms with Gasteiger partial charge < -0.3 is 9.84 Å². The van der Waals surface area contributed by atoms with Crippen molar-refractivity contribution in [2.75, 3.05) is 7.11 Å². The van der Waals surface area contributed by atoms with E-state index in [0.29, 0.717) is 0 Å². The third kappa shape index (κ3) is 2.72. The zero-order chi connectivity index (χ0) is 12.1. The largest absolute Gasteiger partial charge is 0.480 e. The topological polar surface area (TPSA) is 63.6 Å². The summed E-state index contributed by atoms with van der Waals surface area (Å²) in [6.07, 6.45) is 1.46. The van der Waals surface area contributed by atoms with Crippen molar-refractivity contribution in [3.8, 4) is 0 Å². The van der Waals surface area contributed by atoms with Crippen molar-refractivity contribution in [3.63, 3.8) is 0 Å². The molecule has 4 nitrogen and oxygen atoms in total. The van der Waals surface area contributed by atoms with Gasteiger partial charge in [0.05, 0.1) is 7.11 Å². The van der Waals surface area contributed by atoms with Gasteiger partial charge in [0.2, 0.25) is 0 Å². The van der Waals surface area contributed by atoms with Gasteiger partial charge in [0, 0.05) is 5.54 Å². The van der Waals surface area contributed by atoms with Gasteiger partial charge in [-0.15, -0.1) is 0 Å². The van der Waals surface area contributed by atoms with E-state index in [1.165, 1.54) is 18.7 Å². The van der Waals surface area contributed by atoms with Crippen LogP contribution in [0.15, 0.2) is 11.6 Å². The van der Waals surface area contributed by atoms with Crippen molar-refractivity contribution in [1.82, 2.24) is 0 Å². The Bertz CT molecular complexity index is 273. The normalized spacial score (nSPS) is 15.3. The van der Waals surface area contributed by atoms with Gasteiger partial charge in [0.1, 0.15) is 0 Å². The molecule has 0 aromatic rings. The lowest BCUT2D eigenvalue weighted by molar-refractivity contribution is -0.170. The molecule has 0 spiro atoms. The lowest BCUT2D eigenvalue weighted by Crippen LogP contribution is -2.44. The third-order valence-electron chi connectivity index (χ3n) is 2.45. The van der Waals surface area contributed by atoms with Crippen LogP contribution in [0.25, 0.3) is 0 Å². The molecule has 5 heteroatoms. The van der Waals surface area contributed by atoms with E-state index in [1.807, 2.05) is 0 Å².